The van der Waals surface area contributed by atoms with E-state index in [4.69, 9.17) is 5.84 Å². The van der Waals surface area contributed by atoms with Crippen LogP contribution in [-0.2, 0) is 13.0 Å². The Morgan fingerprint density at radius 2 is 2.00 bits per heavy atom. The summed E-state index contributed by atoms with van der Waals surface area (Å²) in [5, 5.41) is 4.28. The number of aromatic nitrogens is 2. The molecule has 0 spiro atoms. The van der Waals surface area contributed by atoms with Crippen LogP contribution in [0.3, 0.4) is 0 Å². The lowest BCUT2D eigenvalue weighted by molar-refractivity contribution is 0.490. The largest absolute Gasteiger partial charge is 0.271 e. The van der Waals surface area contributed by atoms with Crippen LogP contribution < -0.4 is 11.3 Å². The number of rotatable bonds is 5. The fraction of sp³-hybridized carbons (Fsp3) is 0.357. The molecule has 0 aliphatic rings. The standard InChI is InChI=1S/C14H20N4/c1-3-18-14(8-9-16-18)13(17-15)10-12-6-4-11(2)5-7-12/h4-9,13,17H,3,10,15H2,1-2H3. The number of benzene rings is 1. The predicted octanol–water partition coefficient (Wildman–Crippen LogP) is 1.96. The second-order valence-electron chi connectivity index (χ2n) is 4.48. The Labute approximate surface area is 108 Å². The van der Waals surface area contributed by atoms with Crippen molar-refractivity contribution in [3.63, 3.8) is 0 Å². The van der Waals surface area contributed by atoms with E-state index < -0.39 is 0 Å². The molecule has 0 aliphatic carbocycles. The van der Waals surface area contributed by atoms with E-state index in [1.807, 2.05) is 16.9 Å². The van der Waals surface area contributed by atoms with Gasteiger partial charge in [0.25, 0.3) is 0 Å². The summed E-state index contributed by atoms with van der Waals surface area (Å²) in [5.74, 6) is 5.67. The first kappa shape index (κ1) is 12.8. The number of hydrogen-bond acceptors (Lipinski definition) is 3. The zero-order chi connectivity index (χ0) is 13.0. The topological polar surface area (TPSA) is 55.9 Å². The monoisotopic (exact) mass is 244 g/mol. The van der Waals surface area contributed by atoms with Gasteiger partial charge in [-0.05, 0) is 31.9 Å². The molecule has 2 rings (SSSR count). The van der Waals surface area contributed by atoms with Crippen LogP contribution in [0, 0.1) is 6.92 Å². The van der Waals surface area contributed by atoms with Gasteiger partial charge in [0.15, 0.2) is 0 Å². The molecule has 0 saturated carbocycles. The first-order valence-electron chi connectivity index (χ1n) is 6.28. The van der Waals surface area contributed by atoms with E-state index in [1.165, 1.54) is 11.1 Å². The van der Waals surface area contributed by atoms with Gasteiger partial charge in [-0.1, -0.05) is 29.8 Å². The van der Waals surface area contributed by atoms with E-state index in [-0.39, 0.29) is 6.04 Å². The maximum atomic E-state index is 5.67. The normalized spacial score (nSPS) is 12.6. The van der Waals surface area contributed by atoms with Crippen LogP contribution in [-0.4, -0.2) is 9.78 Å². The Hall–Kier alpha value is -1.65. The number of hydrazine groups is 1. The van der Waals surface area contributed by atoms with Crippen LogP contribution in [0.15, 0.2) is 36.5 Å². The predicted molar refractivity (Wildman–Crippen MR) is 72.8 cm³/mol. The van der Waals surface area contributed by atoms with Crippen molar-refractivity contribution < 1.29 is 0 Å². The van der Waals surface area contributed by atoms with Crippen molar-refractivity contribution in [2.75, 3.05) is 0 Å². The molecule has 4 heteroatoms. The molecular weight excluding hydrogens is 224 g/mol. The van der Waals surface area contributed by atoms with E-state index in [9.17, 15) is 0 Å². The summed E-state index contributed by atoms with van der Waals surface area (Å²) in [6, 6.07) is 10.6. The second-order valence-corrected chi connectivity index (χ2v) is 4.48. The molecular formula is C14H20N4. The van der Waals surface area contributed by atoms with Crippen molar-refractivity contribution in [1.29, 1.82) is 0 Å². The molecule has 0 bridgehead atoms. The van der Waals surface area contributed by atoms with Crippen molar-refractivity contribution in [1.82, 2.24) is 15.2 Å². The van der Waals surface area contributed by atoms with Crippen LogP contribution >= 0.6 is 0 Å². The first-order chi connectivity index (χ1) is 8.74. The highest BCUT2D eigenvalue weighted by Gasteiger charge is 2.14. The Kier molecular flexibility index (Phi) is 4.12. The summed E-state index contributed by atoms with van der Waals surface area (Å²) in [6.07, 6.45) is 2.68. The lowest BCUT2D eigenvalue weighted by atomic mass is 10.0. The van der Waals surface area contributed by atoms with E-state index >= 15 is 0 Å². The van der Waals surface area contributed by atoms with E-state index in [0.717, 1.165) is 18.7 Å². The maximum Gasteiger partial charge on any atom is 0.0669 e. The third kappa shape index (κ3) is 2.78. The molecule has 1 unspecified atom stereocenters. The summed E-state index contributed by atoms with van der Waals surface area (Å²) in [5.41, 5.74) is 6.55. The van der Waals surface area contributed by atoms with E-state index in [2.05, 4.69) is 48.6 Å². The van der Waals surface area contributed by atoms with Gasteiger partial charge < -0.3 is 0 Å². The highest BCUT2D eigenvalue weighted by molar-refractivity contribution is 5.23. The SMILES string of the molecule is CCn1nccc1C(Cc1ccc(C)cc1)NN. The van der Waals surface area contributed by atoms with Crippen LogP contribution in [0.4, 0.5) is 0 Å². The molecule has 0 amide bonds. The minimum absolute atomic E-state index is 0.0927. The highest BCUT2D eigenvalue weighted by atomic mass is 15.3. The third-order valence-electron chi connectivity index (χ3n) is 3.17. The van der Waals surface area contributed by atoms with Crippen molar-refractivity contribution in [3.8, 4) is 0 Å². The minimum atomic E-state index is 0.0927. The average Bonchev–Trinajstić information content (AvgIpc) is 2.86. The molecule has 1 aromatic carbocycles. The zero-order valence-corrected chi connectivity index (χ0v) is 10.9. The molecule has 3 N–H and O–H groups in total. The van der Waals surface area contributed by atoms with Crippen LogP contribution in [0.1, 0.15) is 29.8 Å². The Bertz CT molecular complexity index is 487. The number of hydrogen-bond donors (Lipinski definition) is 2. The van der Waals surface area contributed by atoms with Gasteiger partial charge in [0, 0.05) is 12.7 Å². The summed E-state index contributed by atoms with van der Waals surface area (Å²) < 4.78 is 1.97. The maximum absolute atomic E-state index is 5.67. The molecule has 1 aromatic heterocycles. The summed E-state index contributed by atoms with van der Waals surface area (Å²) >= 11 is 0. The average molecular weight is 244 g/mol. The summed E-state index contributed by atoms with van der Waals surface area (Å²) in [6.45, 7) is 5.03. The Morgan fingerprint density at radius 3 is 2.61 bits per heavy atom. The van der Waals surface area contributed by atoms with Gasteiger partial charge in [-0.15, -0.1) is 0 Å². The number of aryl methyl sites for hydroxylation is 2. The van der Waals surface area contributed by atoms with Gasteiger partial charge in [-0.2, -0.15) is 5.10 Å². The van der Waals surface area contributed by atoms with Crippen molar-refractivity contribution in [2.24, 2.45) is 5.84 Å². The molecule has 1 heterocycles. The summed E-state index contributed by atoms with van der Waals surface area (Å²) in [4.78, 5) is 0. The minimum Gasteiger partial charge on any atom is -0.271 e. The quantitative estimate of drug-likeness (QED) is 0.624. The van der Waals surface area contributed by atoms with Crippen molar-refractivity contribution in [2.45, 2.75) is 32.9 Å². The van der Waals surface area contributed by atoms with E-state index in [1.54, 1.807) is 0 Å². The molecule has 1 atom stereocenters. The van der Waals surface area contributed by atoms with Gasteiger partial charge in [0.05, 0.1) is 11.7 Å². The number of nitrogens with zero attached hydrogens (tertiary/aromatic N) is 2. The second kappa shape index (κ2) is 5.80. The number of nitrogens with two attached hydrogens (primary N) is 1. The third-order valence-corrected chi connectivity index (χ3v) is 3.17. The van der Waals surface area contributed by atoms with Crippen molar-refractivity contribution >= 4 is 0 Å². The van der Waals surface area contributed by atoms with Gasteiger partial charge in [0.1, 0.15) is 0 Å². The van der Waals surface area contributed by atoms with Gasteiger partial charge in [-0.25, -0.2) is 0 Å². The van der Waals surface area contributed by atoms with Gasteiger partial charge in [0.2, 0.25) is 0 Å². The van der Waals surface area contributed by atoms with Crippen LogP contribution in [0.2, 0.25) is 0 Å². The fourth-order valence-corrected chi connectivity index (χ4v) is 2.11. The molecule has 0 aliphatic heterocycles. The molecule has 0 radical (unpaired) electrons. The van der Waals surface area contributed by atoms with Crippen molar-refractivity contribution in [3.05, 3.63) is 53.3 Å². The Morgan fingerprint density at radius 1 is 1.28 bits per heavy atom. The molecule has 4 nitrogen and oxygen atoms in total. The van der Waals surface area contributed by atoms with Gasteiger partial charge >= 0.3 is 0 Å². The lowest BCUT2D eigenvalue weighted by Crippen LogP contribution is -2.31. The molecule has 18 heavy (non-hydrogen) atoms. The van der Waals surface area contributed by atoms with E-state index in [0.29, 0.717) is 0 Å². The van der Waals surface area contributed by atoms with Crippen LogP contribution in [0.25, 0.3) is 0 Å². The first-order valence-corrected chi connectivity index (χ1v) is 6.28. The summed E-state index contributed by atoms with van der Waals surface area (Å²) in [7, 11) is 0. The smallest absolute Gasteiger partial charge is 0.0669 e. The molecule has 96 valence electrons. The lowest BCUT2D eigenvalue weighted by Gasteiger charge is -2.17. The highest BCUT2D eigenvalue weighted by Crippen LogP contribution is 2.17. The molecule has 0 fully saturated rings. The fourth-order valence-electron chi connectivity index (χ4n) is 2.11. The van der Waals surface area contributed by atoms with Gasteiger partial charge in [-0.3, -0.25) is 16.0 Å². The molecule has 0 saturated heterocycles. The number of nitrogens with one attached hydrogen (secondary N) is 1. The Balaban J connectivity index is 2.17. The molecule has 2 aromatic rings. The zero-order valence-electron chi connectivity index (χ0n) is 10.9. The van der Waals surface area contributed by atoms with Crippen LogP contribution in [0.5, 0.6) is 0 Å².